The molecule has 0 bridgehead atoms. The summed E-state index contributed by atoms with van der Waals surface area (Å²) in [5, 5.41) is 4.13. The van der Waals surface area contributed by atoms with Crippen LogP contribution in [0.3, 0.4) is 0 Å². The fraction of sp³-hybridized carbons (Fsp3) is 0.250. The molecule has 0 unspecified atom stereocenters. The van der Waals surface area contributed by atoms with Gasteiger partial charge in [-0.1, -0.05) is 36.4 Å². The lowest BCUT2D eigenvalue weighted by atomic mass is 9.89. The molecule has 1 aromatic heterocycles. The number of carbonyl (C=O) groups is 1. The van der Waals surface area contributed by atoms with Crippen LogP contribution >= 0.6 is 0 Å². The second-order valence-corrected chi connectivity index (χ2v) is 6.61. The molecule has 0 aliphatic carbocycles. The van der Waals surface area contributed by atoms with Crippen LogP contribution < -0.4 is 5.73 Å². The Balaban J connectivity index is 1.56. The highest BCUT2D eigenvalue weighted by Crippen LogP contribution is 2.32. The van der Waals surface area contributed by atoms with E-state index in [4.69, 9.17) is 5.73 Å². The SMILES string of the molecule is NC[C@@H]1CN(C(=O)c2cccc(-n3cncn3)c2)C[C@H]1c1ccccc1. The van der Waals surface area contributed by atoms with Crippen molar-refractivity contribution in [2.75, 3.05) is 19.6 Å². The minimum Gasteiger partial charge on any atom is -0.338 e. The van der Waals surface area contributed by atoms with Gasteiger partial charge in [-0.05, 0) is 36.2 Å². The van der Waals surface area contributed by atoms with Gasteiger partial charge < -0.3 is 10.6 Å². The molecule has 3 aromatic rings. The lowest BCUT2D eigenvalue weighted by molar-refractivity contribution is 0.0786. The maximum absolute atomic E-state index is 13.0. The smallest absolute Gasteiger partial charge is 0.253 e. The maximum Gasteiger partial charge on any atom is 0.253 e. The number of nitrogens with zero attached hydrogens (tertiary/aromatic N) is 4. The third-order valence-electron chi connectivity index (χ3n) is 5.04. The molecule has 1 fully saturated rings. The van der Waals surface area contributed by atoms with Gasteiger partial charge in [-0.15, -0.1) is 0 Å². The quantitative estimate of drug-likeness (QED) is 0.784. The van der Waals surface area contributed by atoms with Gasteiger partial charge in [0.25, 0.3) is 5.91 Å². The number of likely N-dealkylation sites (tertiary alicyclic amines) is 1. The molecule has 6 nitrogen and oxygen atoms in total. The van der Waals surface area contributed by atoms with Gasteiger partial charge in [0, 0.05) is 24.6 Å². The molecule has 1 aliphatic heterocycles. The Morgan fingerprint density at radius 1 is 1.12 bits per heavy atom. The Morgan fingerprint density at radius 2 is 1.96 bits per heavy atom. The molecule has 26 heavy (non-hydrogen) atoms. The zero-order chi connectivity index (χ0) is 17.9. The van der Waals surface area contributed by atoms with Crippen LogP contribution in [0.15, 0.2) is 67.3 Å². The standard InChI is InChI=1S/C20H21N5O/c21-10-17-11-24(12-19(17)15-5-2-1-3-6-15)20(26)16-7-4-8-18(9-16)25-14-22-13-23-25/h1-9,13-14,17,19H,10-12,21H2/t17-,19+/m1/s1. The van der Waals surface area contributed by atoms with E-state index < -0.39 is 0 Å². The van der Waals surface area contributed by atoms with E-state index in [1.807, 2.05) is 47.4 Å². The van der Waals surface area contributed by atoms with Crippen molar-refractivity contribution in [2.24, 2.45) is 11.7 Å². The van der Waals surface area contributed by atoms with E-state index in [-0.39, 0.29) is 17.7 Å². The Labute approximate surface area is 152 Å². The summed E-state index contributed by atoms with van der Waals surface area (Å²) in [6, 6.07) is 17.8. The van der Waals surface area contributed by atoms with Crippen molar-refractivity contribution >= 4 is 5.91 Å². The molecule has 6 heteroatoms. The molecular weight excluding hydrogens is 326 g/mol. The van der Waals surface area contributed by atoms with Crippen LogP contribution in [0.2, 0.25) is 0 Å². The van der Waals surface area contributed by atoms with E-state index in [1.54, 1.807) is 11.0 Å². The van der Waals surface area contributed by atoms with Crippen LogP contribution in [-0.4, -0.2) is 45.2 Å². The summed E-state index contributed by atoms with van der Waals surface area (Å²) < 4.78 is 1.65. The largest absolute Gasteiger partial charge is 0.338 e. The lowest BCUT2D eigenvalue weighted by Crippen LogP contribution is -2.29. The predicted octanol–water partition coefficient (Wildman–Crippen LogP) is 2.08. The van der Waals surface area contributed by atoms with Gasteiger partial charge in [-0.25, -0.2) is 9.67 Å². The Morgan fingerprint density at radius 3 is 2.69 bits per heavy atom. The van der Waals surface area contributed by atoms with E-state index in [0.29, 0.717) is 25.2 Å². The molecule has 2 N–H and O–H groups in total. The number of aromatic nitrogens is 3. The summed E-state index contributed by atoms with van der Waals surface area (Å²) in [6.07, 6.45) is 3.10. The summed E-state index contributed by atoms with van der Waals surface area (Å²) >= 11 is 0. The number of nitrogens with two attached hydrogens (primary N) is 1. The molecular formula is C20H21N5O. The first-order valence-corrected chi connectivity index (χ1v) is 8.75. The Hall–Kier alpha value is -2.99. The second kappa shape index (κ2) is 7.09. The molecule has 1 amide bonds. The number of benzene rings is 2. The fourth-order valence-corrected chi connectivity index (χ4v) is 3.66. The van der Waals surface area contributed by atoms with Gasteiger partial charge in [0.1, 0.15) is 12.7 Å². The maximum atomic E-state index is 13.0. The third-order valence-corrected chi connectivity index (χ3v) is 5.04. The first kappa shape index (κ1) is 16.5. The minimum absolute atomic E-state index is 0.0313. The van der Waals surface area contributed by atoms with E-state index in [0.717, 1.165) is 5.69 Å². The van der Waals surface area contributed by atoms with Crippen LogP contribution in [0.4, 0.5) is 0 Å². The summed E-state index contributed by atoms with van der Waals surface area (Å²) in [5.41, 5.74) is 8.72. The van der Waals surface area contributed by atoms with Crippen molar-refractivity contribution in [3.05, 3.63) is 78.4 Å². The topological polar surface area (TPSA) is 77.0 Å². The zero-order valence-electron chi connectivity index (χ0n) is 14.4. The molecule has 2 heterocycles. The first-order chi connectivity index (χ1) is 12.8. The highest BCUT2D eigenvalue weighted by Gasteiger charge is 2.35. The normalized spacial score (nSPS) is 19.7. The molecule has 1 aliphatic rings. The minimum atomic E-state index is 0.0313. The molecule has 0 saturated carbocycles. The molecule has 132 valence electrons. The van der Waals surface area contributed by atoms with Crippen LogP contribution in [0.5, 0.6) is 0 Å². The van der Waals surface area contributed by atoms with Gasteiger partial charge in [0.05, 0.1) is 5.69 Å². The second-order valence-electron chi connectivity index (χ2n) is 6.61. The van der Waals surface area contributed by atoms with Crippen LogP contribution in [0, 0.1) is 5.92 Å². The molecule has 4 rings (SSSR count). The van der Waals surface area contributed by atoms with Gasteiger partial charge in [0.2, 0.25) is 0 Å². The zero-order valence-corrected chi connectivity index (χ0v) is 14.4. The summed E-state index contributed by atoms with van der Waals surface area (Å²) in [7, 11) is 0. The molecule has 2 atom stereocenters. The average molecular weight is 347 g/mol. The lowest BCUT2D eigenvalue weighted by Gasteiger charge is -2.17. The molecule has 2 aromatic carbocycles. The number of amides is 1. The van der Waals surface area contributed by atoms with Crippen LogP contribution in [0.25, 0.3) is 5.69 Å². The van der Waals surface area contributed by atoms with Crippen molar-refractivity contribution in [3.63, 3.8) is 0 Å². The van der Waals surface area contributed by atoms with E-state index in [9.17, 15) is 4.79 Å². The van der Waals surface area contributed by atoms with Gasteiger partial charge >= 0.3 is 0 Å². The Bertz CT molecular complexity index is 878. The van der Waals surface area contributed by atoms with Crippen molar-refractivity contribution in [1.82, 2.24) is 19.7 Å². The summed E-state index contributed by atoms with van der Waals surface area (Å²) in [4.78, 5) is 18.9. The van der Waals surface area contributed by atoms with E-state index in [2.05, 4.69) is 22.2 Å². The summed E-state index contributed by atoms with van der Waals surface area (Å²) in [5.74, 6) is 0.590. The number of rotatable bonds is 4. The predicted molar refractivity (Wildman–Crippen MR) is 99.0 cm³/mol. The fourth-order valence-electron chi connectivity index (χ4n) is 3.66. The van der Waals surface area contributed by atoms with Gasteiger partial charge in [-0.2, -0.15) is 5.10 Å². The van der Waals surface area contributed by atoms with Crippen LogP contribution in [-0.2, 0) is 0 Å². The third kappa shape index (κ3) is 3.11. The van der Waals surface area contributed by atoms with Crippen molar-refractivity contribution < 1.29 is 4.79 Å². The Kier molecular flexibility index (Phi) is 4.50. The van der Waals surface area contributed by atoms with Crippen molar-refractivity contribution in [2.45, 2.75) is 5.92 Å². The monoisotopic (exact) mass is 347 g/mol. The first-order valence-electron chi connectivity index (χ1n) is 8.75. The highest BCUT2D eigenvalue weighted by molar-refractivity contribution is 5.95. The molecule has 0 spiro atoms. The number of hydrogen-bond donors (Lipinski definition) is 1. The van der Waals surface area contributed by atoms with E-state index in [1.165, 1.54) is 11.9 Å². The van der Waals surface area contributed by atoms with Crippen molar-refractivity contribution in [3.8, 4) is 5.69 Å². The van der Waals surface area contributed by atoms with Crippen molar-refractivity contribution in [1.29, 1.82) is 0 Å². The van der Waals surface area contributed by atoms with E-state index >= 15 is 0 Å². The average Bonchev–Trinajstić information content (AvgIpc) is 3.38. The number of hydrogen-bond acceptors (Lipinski definition) is 4. The molecule has 1 saturated heterocycles. The number of carbonyl (C=O) groups excluding carboxylic acids is 1. The highest BCUT2D eigenvalue weighted by atomic mass is 16.2. The van der Waals surface area contributed by atoms with Crippen LogP contribution in [0.1, 0.15) is 21.8 Å². The van der Waals surface area contributed by atoms with Gasteiger partial charge in [0.15, 0.2) is 0 Å². The van der Waals surface area contributed by atoms with Gasteiger partial charge in [-0.3, -0.25) is 4.79 Å². The molecule has 0 radical (unpaired) electrons. The summed E-state index contributed by atoms with van der Waals surface area (Å²) in [6.45, 7) is 1.95.